The summed E-state index contributed by atoms with van der Waals surface area (Å²) in [5.41, 5.74) is 0. The molecular weight excluding hydrogens is 830 g/mol. The summed E-state index contributed by atoms with van der Waals surface area (Å²) in [6.07, 6.45) is 64.9. The van der Waals surface area contributed by atoms with E-state index in [0.29, 0.717) is 24.1 Å². The van der Waals surface area contributed by atoms with Gasteiger partial charge in [-0.2, -0.15) is 0 Å². The first-order valence-corrected chi connectivity index (χ1v) is 27.8. The van der Waals surface area contributed by atoms with Crippen LogP contribution in [-0.4, -0.2) is 75.6 Å². The number of phosphoric ester groups is 1. The Morgan fingerprint density at radius 3 is 1.34 bits per heavy atom. The lowest BCUT2D eigenvalue weighted by molar-refractivity contribution is -0.870. The van der Waals surface area contributed by atoms with E-state index in [1.165, 1.54) is 96.3 Å². The van der Waals surface area contributed by atoms with Crippen molar-refractivity contribution in [3.8, 4) is 0 Å². The summed E-state index contributed by atoms with van der Waals surface area (Å²) in [7, 11) is 1.64. The van der Waals surface area contributed by atoms with E-state index in [9.17, 15) is 14.3 Å². The summed E-state index contributed by atoms with van der Waals surface area (Å²) < 4.78 is 35.2. The van der Waals surface area contributed by atoms with Gasteiger partial charge >= 0.3 is 13.8 Å². The lowest BCUT2D eigenvalue weighted by Crippen LogP contribution is -2.37. The first-order valence-electron chi connectivity index (χ1n) is 26.3. The van der Waals surface area contributed by atoms with Crippen molar-refractivity contribution in [1.82, 2.24) is 0 Å². The quantitative estimate of drug-likeness (QED) is 0.0214. The van der Waals surface area contributed by atoms with Crippen LogP contribution in [0.5, 0.6) is 0 Å². The molecule has 0 aromatic carbocycles. The van der Waals surface area contributed by atoms with Crippen LogP contribution in [0.1, 0.15) is 206 Å². The second kappa shape index (κ2) is 48.1. The minimum atomic E-state index is -4.29. The summed E-state index contributed by atoms with van der Waals surface area (Å²) in [6.45, 7) is 5.46. The predicted molar refractivity (Wildman–Crippen MR) is 279 cm³/mol. The molecule has 0 radical (unpaired) electrons. The van der Waals surface area contributed by atoms with Crippen molar-refractivity contribution in [2.75, 3.05) is 54.1 Å². The number of hydrogen-bond acceptors (Lipinski definition) is 6. The molecular formula is C56H101NO7P+. The van der Waals surface area contributed by atoms with E-state index in [0.717, 1.165) is 89.9 Å². The minimum Gasteiger partial charge on any atom is -0.457 e. The van der Waals surface area contributed by atoms with E-state index in [1.54, 1.807) is 0 Å². The van der Waals surface area contributed by atoms with Crippen molar-refractivity contribution in [2.24, 2.45) is 0 Å². The highest BCUT2D eigenvalue weighted by Gasteiger charge is 2.26. The molecule has 0 aliphatic rings. The van der Waals surface area contributed by atoms with Crippen LogP contribution in [0, 0.1) is 0 Å². The molecule has 0 amide bonds. The maximum atomic E-state index is 12.8. The van der Waals surface area contributed by atoms with Crippen molar-refractivity contribution in [2.45, 2.75) is 213 Å². The minimum absolute atomic E-state index is 0.0796. The van der Waals surface area contributed by atoms with Crippen molar-refractivity contribution < 1.29 is 37.3 Å². The van der Waals surface area contributed by atoms with Crippen LogP contribution in [0.3, 0.4) is 0 Å². The molecule has 65 heavy (non-hydrogen) atoms. The Balaban J connectivity index is 4.20. The summed E-state index contributed by atoms with van der Waals surface area (Å²) >= 11 is 0. The maximum absolute atomic E-state index is 12.8. The normalized spacial score (nSPS) is 14.2. The van der Waals surface area contributed by atoms with E-state index >= 15 is 0 Å². The number of rotatable bonds is 48. The second-order valence-corrected chi connectivity index (χ2v) is 20.0. The van der Waals surface area contributed by atoms with Crippen LogP contribution in [0.2, 0.25) is 0 Å². The second-order valence-electron chi connectivity index (χ2n) is 18.5. The summed E-state index contributed by atoms with van der Waals surface area (Å²) in [5.74, 6) is -0.335. The first-order chi connectivity index (χ1) is 31.6. The molecule has 0 saturated heterocycles. The Hall–Kier alpha value is -2.32. The number of likely N-dealkylation sites (N-methyl/N-ethyl adjacent to an activating group) is 1. The number of hydrogen-bond donors (Lipinski definition) is 1. The number of esters is 1. The van der Waals surface area contributed by atoms with Crippen LogP contribution in [-0.2, 0) is 27.9 Å². The molecule has 0 aromatic rings. The third-order valence-electron chi connectivity index (χ3n) is 10.9. The van der Waals surface area contributed by atoms with Gasteiger partial charge < -0.3 is 18.9 Å². The van der Waals surface area contributed by atoms with E-state index in [-0.39, 0.29) is 25.8 Å². The maximum Gasteiger partial charge on any atom is 0.472 e. The predicted octanol–water partition coefficient (Wildman–Crippen LogP) is 16.4. The van der Waals surface area contributed by atoms with Gasteiger partial charge in [0.05, 0.1) is 34.4 Å². The molecule has 8 nitrogen and oxygen atoms in total. The molecule has 0 rings (SSSR count). The average molecular weight is 931 g/mol. The third kappa shape index (κ3) is 52.5. The number of allylic oxidation sites excluding steroid dienone is 14. The topological polar surface area (TPSA) is 91.3 Å². The van der Waals surface area contributed by atoms with Crippen LogP contribution >= 0.6 is 7.82 Å². The van der Waals surface area contributed by atoms with Crippen LogP contribution < -0.4 is 0 Å². The van der Waals surface area contributed by atoms with Crippen molar-refractivity contribution in [3.05, 3.63) is 85.1 Å². The summed E-state index contributed by atoms with van der Waals surface area (Å²) in [6, 6.07) is 0. The smallest absolute Gasteiger partial charge is 0.457 e. The van der Waals surface area contributed by atoms with E-state index < -0.39 is 13.9 Å². The van der Waals surface area contributed by atoms with Gasteiger partial charge in [0.2, 0.25) is 0 Å². The monoisotopic (exact) mass is 931 g/mol. The van der Waals surface area contributed by atoms with Crippen molar-refractivity contribution in [3.63, 3.8) is 0 Å². The molecule has 9 heteroatoms. The molecule has 0 aliphatic carbocycles. The van der Waals surface area contributed by atoms with E-state index in [4.69, 9.17) is 18.5 Å². The Kier molecular flexibility index (Phi) is 46.4. The number of carbonyl (C=O) groups is 1. The first kappa shape index (κ1) is 62.7. The third-order valence-corrected chi connectivity index (χ3v) is 11.9. The van der Waals surface area contributed by atoms with Crippen LogP contribution in [0.25, 0.3) is 0 Å². The molecule has 0 heterocycles. The SMILES string of the molecule is CC/C=C\C/C=C\C/C=C\C/C=C\C/C=C\CCCCCCCC(=O)OC(COCCCCCCCCCCCC/C=C\C/C=C\CCCCCCC)COP(=O)(O)OCC[N+](C)(C)C. The average Bonchev–Trinajstić information content (AvgIpc) is 3.27. The van der Waals surface area contributed by atoms with Crippen molar-refractivity contribution in [1.29, 1.82) is 0 Å². The Bertz CT molecular complexity index is 1310. The lowest BCUT2D eigenvalue weighted by Gasteiger charge is -2.24. The molecule has 0 bridgehead atoms. The number of ether oxygens (including phenoxy) is 2. The molecule has 0 aliphatic heterocycles. The van der Waals surface area contributed by atoms with Gasteiger partial charge in [-0.05, 0) is 89.9 Å². The Morgan fingerprint density at radius 1 is 0.492 bits per heavy atom. The number of nitrogens with zero attached hydrogens (tertiary/aromatic N) is 1. The molecule has 2 atom stereocenters. The molecule has 0 aromatic heterocycles. The highest BCUT2D eigenvalue weighted by Crippen LogP contribution is 2.43. The van der Waals surface area contributed by atoms with Gasteiger partial charge in [-0.15, -0.1) is 0 Å². The van der Waals surface area contributed by atoms with Crippen molar-refractivity contribution >= 4 is 13.8 Å². The largest absolute Gasteiger partial charge is 0.472 e. The number of quaternary nitrogens is 1. The fourth-order valence-electron chi connectivity index (χ4n) is 6.90. The Morgan fingerprint density at radius 2 is 0.892 bits per heavy atom. The zero-order valence-electron chi connectivity index (χ0n) is 42.7. The highest BCUT2D eigenvalue weighted by molar-refractivity contribution is 7.47. The van der Waals surface area contributed by atoms with Gasteiger partial charge in [0.1, 0.15) is 19.3 Å². The summed E-state index contributed by atoms with van der Waals surface area (Å²) in [4.78, 5) is 23.0. The molecule has 2 unspecified atom stereocenters. The molecule has 0 saturated carbocycles. The van der Waals surface area contributed by atoms with Gasteiger partial charge in [0.25, 0.3) is 0 Å². The van der Waals surface area contributed by atoms with Gasteiger partial charge in [-0.25, -0.2) is 4.57 Å². The molecule has 376 valence electrons. The van der Waals surface area contributed by atoms with Gasteiger partial charge in [-0.3, -0.25) is 13.8 Å². The zero-order valence-corrected chi connectivity index (χ0v) is 43.6. The standard InChI is InChI=1S/C56H100NO7P/c1-6-8-10-12-14-16-18-20-22-24-26-28-30-32-34-36-38-40-42-44-46-48-51-61-53-55(54-63-65(59,60)62-52-50-57(3,4)5)64-56(58)49-47-45-43-41-39-37-35-33-31-29-27-25-23-21-19-17-15-13-11-9-7-2/h9,11,15,17-18,20-21,23-24,26-27,29,33,35,55H,6-8,10,12-14,16,19,22,25,28,30-32,34,36-54H2,1-5H3/p+1/b11-9-,17-15-,20-18-,23-21-,26-24-,29-27-,35-33-. The van der Waals surface area contributed by atoms with Gasteiger partial charge in [0.15, 0.2) is 0 Å². The van der Waals surface area contributed by atoms with Crippen LogP contribution in [0.15, 0.2) is 85.1 Å². The number of carbonyl (C=O) groups excluding carboxylic acids is 1. The fourth-order valence-corrected chi connectivity index (χ4v) is 7.65. The molecule has 1 N–H and O–H groups in total. The molecule has 0 spiro atoms. The van der Waals surface area contributed by atoms with E-state index in [1.807, 2.05) is 21.1 Å². The highest BCUT2D eigenvalue weighted by atomic mass is 31.2. The Labute approximate surface area is 401 Å². The molecule has 0 fully saturated rings. The van der Waals surface area contributed by atoms with Gasteiger partial charge in [0, 0.05) is 13.0 Å². The number of unbranched alkanes of at least 4 members (excludes halogenated alkanes) is 20. The van der Waals surface area contributed by atoms with E-state index in [2.05, 4.69) is 98.9 Å². The van der Waals surface area contributed by atoms with Crippen LogP contribution in [0.4, 0.5) is 0 Å². The lowest BCUT2D eigenvalue weighted by atomic mass is 10.1. The summed E-state index contributed by atoms with van der Waals surface area (Å²) in [5, 5.41) is 0. The fraction of sp³-hybridized carbons (Fsp3) is 0.732. The zero-order chi connectivity index (χ0) is 47.6. The number of phosphoric acid groups is 1. The van der Waals surface area contributed by atoms with Gasteiger partial charge in [-0.1, -0.05) is 195 Å².